The van der Waals surface area contributed by atoms with E-state index in [2.05, 4.69) is 15.1 Å². The molecule has 1 aliphatic heterocycles. The molecule has 5 rings (SSSR count). The van der Waals surface area contributed by atoms with E-state index in [0.717, 1.165) is 29.1 Å². The van der Waals surface area contributed by atoms with Gasteiger partial charge in [-0.25, -0.2) is 14.2 Å². The first-order valence-electron chi connectivity index (χ1n) is 10.1. The third kappa shape index (κ3) is 3.62. The third-order valence-corrected chi connectivity index (χ3v) is 5.54. The van der Waals surface area contributed by atoms with Gasteiger partial charge in [0.2, 0.25) is 5.88 Å². The maximum atomic E-state index is 13.2. The van der Waals surface area contributed by atoms with Gasteiger partial charge in [0.05, 0.1) is 11.3 Å². The molecule has 0 saturated carbocycles. The van der Waals surface area contributed by atoms with E-state index in [1.54, 1.807) is 35.9 Å². The fraction of sp³-hybridized carbons (Fsp3) is 0.217. The summed E-state index contributed by atoms with van der Waals surface area (Å²) in [6, 6.07) is 11.5. The number of anilines is 1. The number of fused-ring (bicyclic) bond motifs is 1. The van der Waals surface area contributed by atoms with Crippen molar-refractivity contribution in [1.29, 1.82) is 0 Å². The van der Waals surface area contributed by atoms with Crippen LogP contribution in [-0.2, 0) is 13.2 Å². The molecule has 32 heavy (non-hydrogen) atoms. The zero-order valence-corrected chi connectivity index (χ0v) is 17.6. The van der Waals surface area contributed by atoms with Gasteiger partial charge in [0, 0.05) is 49.6 Å². The average molecular weight is 433 g/mol. The Labute approximate surface area is 182 Å². The normalized spacial score (nSPS) is 12.8. The number of rotatable bonds is 5. The molecule has 0 atom stereocenters. The topological polar surface area (TPSA) is 86.3 Å². The molecule has 0 amide bonds. The van der Waals surface area contributed by atoms with Crippen LogP contribution in [0, 0.1) is 12.7 Å². The average Bonchev–Trinajstić information content (AvgIpc) is 3.36. The van der Waals surface area contributed by atoms with Crippen molar-refractivity contribution in [3.63, 3.8) is 0 Å². The first-order valence-corrected chi connectivity index (χ1v) is 10.1. The van der Waals surface area contributed by atoms with Crippen molar-refractivity contribution >= 4 is 5.82 Å². The summed E-state index contributed by atoms with van der Waals surface area (Å²) < 4.78 is 26.1. The Balaban J connectivity index is 1.34. The molecular weight excluding hydrogens is 413 g/mol. The molecule has 0 unspecified atom stereocenters. The number of nitrogens with zero attached hydrogens (tertiary/aromatic N) is 5. The van der Waals surface area contributed by atoms with E-state index in [4.69, 9.17) is 9.26 Å². The zero-order chi connectivity index (χ0) is 22.2. The second-order valence-electron chi connectivity index (χ2n) is 7.60. The van der Waals surface area contributed by atoms with E-state index in [1.165, 1.54) is 12.1 Å². The van der Waals surface area contributed by atoms with Crippen molar-refractivity contribution < 1.29 is 13.7 Å². The highest BCUT2D eigenvalue weighted by Gasteiger charge is 2.19. The highest BCUT2D eigenvalue weighted by molar-refractivity contribution is 5.64. The second-order valence-corrected chi connectivity index (χ2v) is 7.60. The highest BCUT2D eigenvalue weighted by atomic mass is 19.1. The Morgan fingerprint density at radius 3 is 2.66 bits per heavy atom. The van der Waals surface area contributed by atoms with Crippen molar-refractivity contribution in [1.82, 2.24) is 19.7 Å². The van der Waals surface area contributed by atoms with Gasteiger partial charge in [-0.1, -0.05) is 5.16 Å². The van der Waals surface area contributed by atoms with Gasteiger partial charge in [-0.2, -0.15) is 4.98 Å². The number of pyridine rings is 1. The SMILES string of the molecule is Cc1onc(-c2ccc(F)cc2)c1COc1ccc(-c2cc3n(c(=O)n2)CCN3C)cn1. The van der Waals surface area contributed by atoms with Gasteiger partial charge >= 0.3 is 5.69 Å². The van der Waals surface area contributed by atoms with E-state index in [-0.39, 0.29) is 18.1 Å². The summed E-state index contributed by atoms with van der Waals surface area (Å²) in [4.78, 5) is 22.9. The summed E-state index contributed by atoms with van der Waals surface area (Å²) >= 11 is 0. The van der Waals surface area contributed by atoms with Crippen molar-refractivity contribution in [2.75, 3.05) is 18.5 Å². The van der Waals surface area contributed by atoms with Gasteiger partial charge in [0.15, 0.2) is 0 Å². The summed E-state index contributed by atoms with van der Waals surface area (Å²) in [5.41, 5.74) is 3.14. The summed E-state index contributed by atoms with van der Waals surface area (Å²) in [6.45, 7) is 3.42. The summed E-state index contributed by atoms with van der Waals surface area (Å²) in [6.07, 6.45) is 1.63. The van der Waals surface area contributed by atoms with Crippen LogP contribution in [0.25, 0.3) is 22.5 Å². The number of likely N-dealkylation sites (N-methyl/N-ethyl adjacent to an activating group) is 1. The standard InChI is InChI=1S/C23H20FN5O3/c1-14-18(22(27-32-14)15-3-6-17(24)7-4-15)13-31-20-8-5-16(12-25-20)19-11-21-28(2)9-10-29(21)23(30)26-19/h3-8,11-12H,9-10,13H2,1-2H3. The number of aryl methyl sites for hydroxylation is 1. The van der Waals surface area contributed by atoms with E-state index < -0.39 is 0 Å². The quantitative estimate of drug-likeness (QED) is 0.477. The van der Waals surface area contributed by atoms with Crippen LogP contribution in [0.3, 0.4) is 0 Å². The summed E-state index contributed by atoms with van der Waals surface area (Å²) in [5, 5.41) is 4.08. The monoisotopic (exact) mass is 433 g/mol. The van der Waals surface area contributed by atoms with Gasteiger partial charge in [0.1, 0.15) is 29.7 Å². The van der Waals surface area contributed by atoms with Gasteiger partial charge in [-0.3, -0.25) is 4.57 Å². The molecule has 1 aliphatic rings. The van der Waals surface area contributed by atoms with E-state index >= 15 is 0 Å². The molecule has 162 valence electrons. The minimum atomic E-state index is -0.316. The molecule has 0 aliphatic carbocycles. The maximum Gasteiger partial charge on any atom is 0.349 e. The molecule has 0 N–H and O–H groups in total. The van der Waals surface area contributed by atoms with Gasteiger partial charge in [0.25, 0.3) is 0 Å². The van der Waals surface area contributed by atoms with Gasteiger partial charge in [-0.05, 0) is 37.3 Å². The molecule has 0 bridgehead atoms. The van der Waals surface area contributed by atoms with Gasteiger partial charge in [-0.15, -0.1) is 0 Å². The van der Waals surface area contributed by atoms with Crippen molar-refractivity contribution in [2.24, 2.45) is 0 Å². The largest absolute Gasteiger partial charge is 0.473 e. The minimum Gasteiger partial charge on any atom is -0.473 e. The van der Waals surface area contributed by atoms with Crippen LogP contribution in [0.1, 0.15) is 11.3 Å². The number of halogens is 1. The molecule has 1 aromatic carbocycles. The molecule has 4 heterocycles. The summed E-state index contributed by atoms with van der Waals surface area (Å²) in [5.74, 6) is 1.56. The minimum absolute atomic E-state index is 0.192. The smallest absolute Gasteiger partial charge is 0.349 e. The van der Waals surface area contributed by atoms with E-state index in [9.17, 15) is 9.18 Å². The van der Waals surface area contributed by atoms with Crippen LogP contribution in [0.5, 0.6) is 5.88 Å². The first-order chi connectivity index (χ1) is 15.5. The fourth-order valence-corrected chi connectivity index (χ4v) is 3.69. The van der Waals surface area contributed by atoms with Crippen molar-refractivity contribution in [2.45, 2.75) is 20.1 Å². The van der Waals surface area contributed by atoms with Crippen LogP contribution in [0.15, 0.2) is 58.0 Å². The highest BCUT2D eigenvalue weighted by Crippen LogP contribution is 2.27. The lowest BCUT2D eigenvalue weighted by molar-refractivity contribution is 0.290. The van der Waals surface area contributed by atoms with E-state index in [0.29, 0.717) is 29.6 Å². The van der Waals surface area contributed by atoms with Crippen molar-refractivity contribution in [3.8, 4) is 28.4 Å². The number of hydrogen-bond donors (Lipinski definition) is 0. The molecule has 0 radical (unpaired) electrons. The molecule has 0 spiro atoms. The lowest BCUT2D eigenvalue weighted by Gasteiger charge is -2.12. The molecule has 3 aromatic heterocycles. The lowest BCUT2D eigenvalue weighted by atomic mass is 10.1. The summed E-state index contributed by atoms with van der Waals surface area (Å²) in [7, 11) is 1.95. The Bertz CT molecular complexity index is 1330. The fourth-order valence-electron chi connectivity index (χ4n) is 3.69. The predicted octanol–water partition coefficient (Wildman–Crippen LogP) is 3.44. The second kappa shape index (κ2) is 7.92. The third-order valence-electron chi connectivity index (χ3n) is 5.54. The van der Waals surface area contributed by atoms with Crippen LogP contribution in [-0.4, -0.2) is 33.3 Å². The van der Waals surface area contributed by atoms with Crippen LogP contribution in [0.4, 0.5) is 10.2 Å². The Morgan fingerprint density at radius 1 is 1.12 bits per heavy atom. The lowest BCUT2D eigenvalue weighted by Crippen LogP contribution is -2.21. The molecule has 4 aromatic rings. The van der Waals surface area contributed by atoms with Crippen LogP contribution >= 0.6 is 0 Å². The Morgan fingerprint density at radius 2 is 1.91 bits per heavy atom. The Hall–Kier alpha value is -4.01. The van der Waals surface area contributed by atoms with Crippen molar-refractivity contribution in [3.05, 3.63) is 76.3 Å². The van der Waals surface area contributed by atoms with Crippen LogP contribution < -0.4 is 15.3 Å². The number of hydrogen-bond acceptors (Lipinski definition) is 7. The Kier molecular flexibility index (Phi) is 4.93. The molecule has 9 heteroatoms. The van der Waals surface area contributed by atoms with E-state index in [1.807, 2.05) is 24.1 Å². The molecule has 0 saturated heterocycles. The zero-order valence-electron chi connectivity index (χ0n) is 17.6. The maximum absolute atomic E-state index is 13.2. The number of benzene rings is 1. The number of ether oxygens (including phenoxy) is 1. The first kappa shape index (κ1) is 19.9. The number of aromatic nitrogens is 4. The molecule has 0 fully saturated rings. The van der Waals surface area contributed by atoms with Gasteiger partial charge < -0.3 is 14.2 Å². The predicted molar refractivity (Wildman–Crippen MR) is 116 cm³/mol. The molecule has 8 nitrogen and oxygen atoms in total. The van der Waals surface area contributed by atoms with Crippen LogP contribution in [0.2, 0.25) is 0 Å². The molecular formula is C23H20FN5O3.